The van der Waals surface area contributed by atoms with Crippen LogP contribution in [0.1, 0.15) is 58.3 Å². The molecule has 23 heavy (non-hydrogen) atoms. The summed E-state index contributed by atoms with van der Waals surface area (Å²) in [6.07, 6.45) is 1.88. The Labute approximate surface area is 141 Å². The molecule has 2 atom stereocenters. The molecule has 0 saturated carbocycles. The van der Waals surface area contributed by atoms with Crippen LogP contribution in [0.2, 0.25) is 0 Å². The van der Waals surface area contributed by atoms with E-state index in [0.29, 0.717) is 17.5 Å². The zero-order valence-electron chi connectivity index (χ0n) is 14.4. The highest BCUT2D eigenvalue weighted by Crippen LogP contribution is 2.25. The second kappa shape index (κ2) is 8.98. The largest absolute Gasteiger partial charge is 0.383 e. The summed E-state index contributed by atoms with van der Waals surface area (Å²) >= 11 is 1.43. The summed E-state index contributed by atoms with van der Waals surface area (Å²) in [6, 6.07) is -0.674. The summed E-state index contributed by atoms with van der Waals surface area (Å²) in [5.74, 6) is -0.671. The summed E-state index contributed by atoms with van der Waals surface area (Å²) in [4.78, 5) is 29.6. The SMILES string of the molecule is CCC[C@H](NC(=O)[C@@H](O)C(C)C)C(=O)Nc1ncc(C(C)C)s1. The van der Waals surface area contributed by atoms with Crippen molar-refractivity contribution in [1.82, 2.24) is 10.3 Å². The molecule has 0 radical (unpaired) electrons. The molecule has 0 aliphatic carbocycles. The van der Waals surface area contributed by atoms with Crippen LogP contribution in [0.15, 0.2) is 6.20 Å². The van der Waals surface area contributed by atoms with Gasteiger partial charge in [0, 0.05) is 11.1 Å². The lowest BCUT2D eigenvalue weighted by Gasteiger charge is -2.20. The minimum atomic E-state index is -1.12. The maximum atomic E-state index is 12.4. The topological polar surface area (TPSA) is 91.3 Å². The number of amides is 2. The molecule has 2 amide bonds. The van der Waals surface area contributed by atoms with E-state index in [1.807, 2.05) is 6.92 Å². The standard InChI is InChI=1S/C16H27N3O3S/c1-6-7-11(18-15(22)13(20)10(4)5)14(21)19-16-17-8-12(23-16)9(2)3/h8-11,13,20H,6-7H2,1-5H3,(H,18,22)(H,17,19,21)/t11-,13-/m0/s1. The van der Waals surface area contributed by atoms with Gasteiger partial charge >= 0.3 is 0 Å². The van der Waals surface area contributed by atoms with Crippen LogP contribution in [0.4, 0.5) is 5.13 Å². The van der Waals surface area contributed by atoms with E-state index in [0.717, 1.165) is 11.3 Å². The fourth-order valence-corrected chi connectivity index (χ4v) is 2.74. The molecule has 0 aliphatic rings. The summed E-state index contributed by atoms with van der Waals surface area (Å²) in [5.41, 5.74) is 0. The first kappa shape index (κ1) is 19.6. The third-order valence-corrected chi connectivity index (χ3v) is 4.65. The smallest absolute Gasteiger partial charge is 0.249 e. The molecule has 0 spiro atoms. The first-order valence-electron chi connectivity index (χ1n) is 8.01. The lowest BCUT2D eigenvalue weighted by Crippen LogP contribution is -2.48. The van der Waals surface area contributed by atoms with E-state index in [1.165, 1.54) is 11.3 Å². The van der Waals surface area contributed by atoms with Gasteiger partial charge in [-0.3, -0.25) is 9.59 Å². The number of anilines is 1. The lowest BCUT2D eigenvalue weighted by molar-refractivity contribution is -0.134. The van der Waals surface area contributed by atoms with Gasteiger partial charge in [-0.05, 0) is 18.3 Å². The molecule has 0 bridgehead atoms. The highest BCUT2D eigenvalue weighted by Gasteiger charge is 2.26. The van der Waals surface area contributed by atoms with Crippen molar-refractivity contribution < 1.29 is 14.7 Å². The van der Waals surface area contributed by atoms with Crippen LogP contribution in [-0.4, -0.2) is 34.1 Å². The van der Waals surface area contributed by atoms with Gasteiger partial charge in [-0.2, -0.15) is 0 Å². The van der Waals surface area contributed by atoms with E-state index in [-0.39, 0.29) is 11.8 Å². The molecule has 0 saturated heterocycles. The van der Waals surface area contributed by atoms with Crippen LogP contribution in [0.25, 0.3) is 0 Å². The Kier molecular flexibility index (Phi) is 7.64. The Bertz CT molecular complexity index is 528. The fraction of sp³-hybridized carbons (Fsp3) is 0.688. The van der Waals surface area contributed by atoms with E-state index in [2.05, 4.69) is 29.5 Å². The number of thiazole rings is 1. The van der Waals surface area contributed by atoms with Gasteiger partial charge in [0.1, 0.15) is 12.1 Å². The second-order valence-corrected chi connectivity index (χ2v) is 7.31. The van der Waals surface area contributed by atoms with Crippen molar-refractivity contribution in [2.24, 2.45) is 5.92 Å². The summed E-state index contributed by atoms with van der Waals surface area (Å²) in [5, 5.41) is 15.7. The second-order valence-electron chi connectivity index (χ2n) is 6.25. The Morgan fingerprint density at radius 3 is 2.39 bits per heavy atom. The minimum absolute atomic E-state index is 0.201. The fourth-order valence-electron chi connectivity index (χ4n) is 1.92. The minimum Gasteiger partial charge on any atom is -0.383 e. The Hall–Kier alpha value is -1.47. The van der Waals surface area contributed by atoms with Gasteiger partial charge < -0.3 is 15.7 Å². The Balaban J connectivity index is 2.71. The molecule has 0 unspecified atom stereocenters. The highest BCUT2D eigenvalue weighted by molar-refractivity contribution is 7.15. The van der Waals surface area contributed by atoms with Gasteiger partial charge in [0.15, 0.2) is 5.13 Å². The third kappa shape index (κ3) is 5.91. The molecular weight excluding hydrogens is 314 g/mol. The highest BCUT2D eigenvalue weighted by atomic mass is 32.1. The number of rotatable bonds is 8. The van der Waals surface area contributed by atoms with Crippen molar-refractivity contribution in [2.45, 2.75) is 65.5 Å². The van der Waals surface area contributed by atoms with Crippen LogP contribution < -0.4 is 10.6 Å². The zero-order valence-corrected chi connectivity index (χ0v) is 15.2. The zero-order chi connectivity index (χ0) is 17.6. The normalized spacial score (nSPS) is 13.9. The van der Waals surface area contributed by atoms with Crippen molar-refractivity contribution in [1.29, 1.82) is 0 Å². The van der Waals surface area contributed by atoms with Gasteiger partial charge in [-0.25, -0.2) is 4.98 Å². The molecule has 0 aliphatic heterocycles. The monoisotopic (exact) mass is 341 g/mol. The predicted octanol–water partition coefficient (Wildman–Crippen LogP) is 2.51. The molecule has 0 aromatic carbocycles. The molecule has 1 aromatic heterocycles. The van der Waals surface area contributed by atoms with E-state index >= 15 is 0 Å². The first-order chi connectivity index (χ1) is 10.8. The molecule has 0 fully saturated rings. The number of carbonyl (C=O) groups is 2. The quantitative estimate of drug-likeness (QED) is 0.677. The van der Waals surface area contributed by atoms with Crippen molar-refractivity contribution in [2.75, 3.05) is 5.32 Å². The summed E-state index contributed by atoms with van der Waals surface area (Å²) in [6.45, 7) is 9.56. The maximum absolute atomic E-state index is 12.4. The van der Waals surface area contributed by atoms with Gasteiger partial charge in [0.25, 0.3) is 0 Å². The van der Waals surface area contributed by atoms with Crippen molar-refractivity contribution in [3.05, 3.63) is 11.1 Å². The number of hydrogen-bond donors (Lipinski definition) is 3. The third-order valence-electron chi connectivity index (χ3n) is 3.43. The van der Waals surface area contributed by atoms with Crippen molar-refractivity contribution >= 4 is 28.3 Å². The summed E-state index contributed by atoms with van der Waals surface area (Å²) < 4.78 is 0. The molecule has 1 rings (SSSR count). The molecule has 3 N–H and O–H groups in total. The molecule has 6 nitrogen and oxygen atoms in total. The van der Waals surface area contributed by atoms with Crippen molar-refractivity contribution in [3.8, 4) is 0 Å². The number of aliphatic hydroxyl groups is 1. The molecule has 7 heteroatoms. The number of carbonyl (C=O) groups excluding carboxylic acids is 2. The van der Waals surface area contributed by atoms with Crippen molar-refractivity contribution in [3.63, 3.8) is 0 Å². The maximum Gasteiger partial charge on any atom is 0.249 e. The Morgan fingerprint density at radius 1 is 1.26 bits per heavy atom. The van der Waals surface area contributed by atoms with E-state index in [1.54, 1.807) is 20.0 Å². The molecule has 1 aromatic rings. The van der Waals surface area contributed by atoms with Gasteiger partial charge in [0.05, 0.1) is 0 Å². The first-order valence-corrected chi connectivity index (χ1v) is 8.82. The van der Waals surface area contributed by atoms with Gasteiger partial charge in [-0.15, -0.1) is 11.3 Å². The van der Waals surface area contributed by atoms with Crippen LogP contribution in [-0.2, 0) is 9.59 Å². The number of nitrogens with zero attached hydrogens (tertiary/aromatic N) is 1. The van der Waals surface area contributed by atoms with E-state index in [4.69, 9.17) is 0 Å². The van der Waals surface area contributed by atoms with Gasteiger partial charge in [-0.1, -0.05) is 41.0 Å². The molecular formula is C16H27N3O3S. The van der Waals surface area contributed by atoms with Crippen LogP contribution in [0.3, 0.4) is 0 Å². The van der Waals surface area contributed by atoms with Crippen LogP contribution >= 0.6 is 11.3 Å². The van der Waals surface area contributed by atoms with Gasteiger partial charge in [0.2, 0.25) is 11.8 Å². The molecule has 130 valence electrons. The number of nitrogens with one attached hydrogen (secondary N) is 2. The average Bonchev–Trinajstić information content (AvgIpc) is 2.94. The molecule has 1 heterocycles. The van der Waals surface area contributed by atoms with Crippen LogP contribution in [0.5, 0.6) is 0 Å². The van der Waals surface area contributed by atoms with E-state index < -0.39 is 18.1 Å². The number of aromatic nitrogens is 1. The predicted molar refractivity (Wildman–Crippen MR) is 92.5 cm³/mol. The average molecular weight is 341 g/mol. The Morgan fingerprint density at radius 2 is 1.91 bits per heavy atom. The van der Waals surface area contributed by atoms with E-state index in [9.17, 15) is 14.7 Å². The van der Waals surface area contributed by atoms with Crippen LogP contribution in [0, 0.1) is 5.92 Å². The lowest BCUT2D eigenvalue weighted by atomic mass is 10.1. The summed E-state index contributed by atoms with van der Waals surface area (Å²) in [7, 11) is 0. The number of aliphatic hydroxyl groups excluding tert-OH is 1. The number of hydrogen-bond acceptors (Lipinski definition) is 5.